The number of nitro groups is 1. The smallest absolute Gasteiger partial charge is 0.329 e. The third-order valence-corrected chi connectivity index (χ3v) is 6.71. The average Bonchev–Trinajstić information content (AvgIpc) is 3.21. The average molecular weight is 479 g/mol. The van der Waals surface area contributed by atoms with Crippen molar-refractivity contribution in [3.05, 3.63) is 116 Å². The van der Waals surface area contributed by atoms with Crippen molar-refractivity contribution in [2.45, 2.75) is 26.7 Å². The maximum Gasteiger partial charge on any atom is 0.329 e. The number of carbonyl (C=O) groups excluding carboxylic acids is 1. The molecule has 9 heteroatoms. The first-order valence-electron chi connectivity index (χ1n) is 11.6. The summed E-state index contributed by atoms with van der Waals surface area (Å²) in [6.07, 6.45) is 4.44. The first kappa shape index (κ1) is 21.7. The molecule has 6 rings (SSSR count). The normalized spacial score (nSPS) is 14.8. The molecule has 0 bridgehead atoms. The van der Waals surface area contributed by atoms with Gasteiger partial charge in [-0.1, -0.05) is 48.5 Å². The van der Waals surface area contributed by atoms with Gasteiger partial charge in [0.25, 0.3) is 11.5 Å². The standard InChI is InChI=1S/C27H21N5O4/c1-16-8-6-12-20-24(16)28-17(2)31(27(20)34)29-15-22(18-9-4-3-5-10-18)30-23(32(35)36)14-19-11-7-13-21(25(19)30)26(29)33/h3-6,8-10,12-15H,7,11H2,1-2H3. The fourth-order valence-corrected chi connectivity index (χ4v) is 5.09. The number of rotatable bonds is 3. The number of allylic oxidation sites excluding steroid dienone is 1. The van der Waals surface area contributed by atoms with Gasteiger partial charge in [-0.05, 0) is 43.2 Å². The topological polar surface area (TPSA) is 103 Å². The highest BCUT2D eigenvalue weighted by Gasteiger charge is 2.39. The second-order valence-electron chi connectivity index (χ2n) is 8.90. The quantitative estimate of drug-likeness (QED) is 0.325. The van der Waals surface area contributed by atoms with E-state index in [0.717, 1.165) is 11.1 Å². The molecule has 4 aromatic rings. The molecule has 9 nitrogen and oxygen atoms in total. The van der Waals surface area contributed by atoms with Crippen molar-refractivity contribution in [1.82, 2.24) is 14.2 Å². The van der Waals surface area contributed by atoms with Gasteiger partial charge in [-0.15, -0.1) is 0 Å². The summed E-state index contributed by atoms with van der Waals surface area (Å²) in [5.41, 5.74) is 3.66. The van der Waals surface area contributed by atoms with Crippen molar-refractivity contribution >= 4 is 33.9 Å². The van der Waals surface area contributed by atoms with Crippen LogP contribution in [0.4, 0.5) is 5.82 Å². The van der Waals surface area contributed by atoms with E-state index in [1.54, 1.807) is 31.2 Å². The van der Waals surface area contributed by atoms with Gasteiger partial charge in [0.2, 0.25) is 0 Å². The minimum Gasteiger partial charge on any atom is -0.358 e. The lowest BCUT2D eigenvalue weighted by Crippen LogP contribution is -2.44. The second-order valence-corrected chi connectivity index (χ2v) is 8.90. The van der Waals surface area contributed by atoms with E-state index < -0.39 is 16.4 Å². The number of fused-ring (bicyclic) bond motifs is 1. The van der Waals surface area contributed by atoms with Crippen LogP contribution < -0.4 is 10.6 Å². The maximum absolute atomic E-state index is 14.0. The van der Waals surface area contributed by atoms with E-state index in [2.05, 4.69) is 4.98 Å². The lowest BCUT2D eigenvalue weighted by Gasteiger charge is -2.23. The molecular weight excluding hydrogens is 458 g/mol. The molecule has 0 atom stereocenters. The highest BCUT2D eigenvalue weighted by atomic mass is 16.6. The molecule has 0 radical (unpaired) electrons. The molecule has 1 aliphatic heterocycles. The predicted octanol–water partition coefficient (Wildman–Crippen LogP) is 4.08. The Morgan fingerprint density at radius 2 is 1.81 bits per heavy atom. The lowest BCUT2D eigenvalue weighted by molar-refractivity contribution is -0.390. The van der Waals surface area contributed by atoms with Crippen LogP contribution in [0, 0.1) is 24.0 Å². The van der Waals surface area contributed by atoms with Gasteiger partial charge < -0.3 is 10.1 Å². The van der Waals surface area contributed by atoms with Crippen molar-refractivity contribution in [2.24, 2.45) is 0 Å². The van der Waals surface area contributed by atoms with Crippen LogP contribution in [0.2, 0.25) is 0 Å². The van der Waals surface area contributed by atoms with E-state index in [-0.39, 0.29) is 5.82 Å². The first-order chi connectivity index (χ1) is 17.4. The summed E-state index contributed by atoms with van der Waals surface area (Å²) >= 11 is 0. The van der Waals surface area contributed by atoms with Gasteiger partial charge in [0.05, 0.1) is 22.7 Å². The van der Waals surface area contributed by atoms with Gasteiger partial charge in [0.1, 0.15) is 11.5 Å². The van der Waals surface area contributed by atoms with E-state index in [9.17, 15) is 19.7 Å². The number of benzene rings is 2. The van der Waals surface area contributed by atoms with E-state index in [1.807, 2.05) is 43.3 Å². The lowest BCUT2D eigenvalue weighted by atomic mass is 9.96. The maximum atomic E-state index is 14.0. The molecule has 2 aromatic carbocycles. The highest BCUT2D eigenvalue weighted by molar-refractivity contribution is 6.26. The molecule has 1 amide bonds. The van der Waals surface area contributed by atoms with Gasteiger partial charge in [0, 0.05) is 17.2 Å². The Hall–Kier alpha value is -4.79. The highest BCUT2D eigenvalue weighted by Crippen LogP contribution is 2.40. The summed E-state index contributed by atoms with van der Waals surface area (Å²) in [6, 6.07) is 16.0. The van der Waals surface area contributed by atoms with Crippen molar-refractivity contribution in [3.8, 4) is 0 Å². The third-order valence-electron chi connectivity index (χ3n) is 6.71. The van der Waals surface area contributed by atoms with Gasteiger partial charge in [-0.3, -0.25) is 9.59 Å². The van der Waals surface area contributed by atoms with Crippen LogP contribution in [0.15, 0.2) is 71.7 Å². The van der Waals surface area contributed by atoms with Crippen molar-refractivity contribution in [3.63, 3.8) is 0 Å². The first-order valence-corrected chi connectivity index (χ1v) is 11.6. The molecule has 178 valence electrons. The van der Waals surface area contributed by atoms with Gasteiger partial charge in [-0.2, -0.15) is 9.24 Å². The Labute approximate surface area is 205 Å². The summed E-state index contributed by atoms with van der Waals surface area (Å²) in [5, 5.41) is 13.7. The zero-order valence-electron chi connectivity index (χ0n) is 19.6. The number of para-hydroxylation sites is 1. The van der Waals surface area contributed by atoms with Crippen LogP contribution in [-0.2, 0) is 11.2 Å². The fraction of sp³-hybridized carbons (Fsp3) is 0.148. The minimum atomic E-state index is -0.449. The number of aryl methyl sites for hydroxylation is 3. The zero-order valence-corrected chi connectivity index (χ0v) is 19.6. The molecule has 0 unspecified atom stereocenters. The Kier molecular flexibility index (Phi) is 4.75. The van der Waals surface area contributed by atoms with E-state index in [4.69, 9.17) is 0 Å². The van der Waals surface area contributed by atoms with Crippen LogP contribution in [0.5, 0.6) is 0 Å². The minimum absolute atomic E-state index is 0.131. The molecule has 0 N–H and O–H groups in total. The molecule has 36 heavy (non-hydrogen) atoms. The van der Waals surface area contributed by atoms with Gasteiger partial charge >= 0.3 is 5.82 Å². The number of hydrogen-bond donors (Lipinski definition) is 0. The van der Waals surface area contributed by atoms with Crippen molar-refractivity contribution < 1.29 is 9.72 Å². The van der Waals surface area contributed by atoms with Crippen molar-refractivity contribution in [1.29, 1.82) is 0 Å². The Morgan fingerprint density at radius 3 is 2.56 bits per heavy atom. The van der Waals surface area contributed by atoms with Gasteiger partial charge in [-0.25, -0.2) is 9.99 Å². The Morgan fingerprint density at radius 1 is 1.03 bits per heavy atom. The number of amides is 1. The molecular formula is C27H21N5O4. The van der Waals surface area contributed by atoms with Crippen LogP contribution in [0.3, 0.4) is 0 Å². The van der Waals surface area contributed by atoms with Crippen LogP contribution in [0.1, 0.15) is 34.6 Å². The zero-order chi connectivity index (χ0) is 25.1. The van der Waals surface area contributed by atoms with Crippen LogP contribution in [-0.4, -0.2) is 25.1 Å². The number of aromatic nitrogens is 3. The number of nitrogens with zero attached hydrogens (tertiary/aromatic N) is 5. The van der Waals surface area contributed by atoms with E-state index >= 15 is 0 Å². The molecule has 0 saturated heterocycles. The molecule has 0 fully saturated rings. The molecule has 3 heterocycles. The van der Waals surface area contributed by atoms with Crippen LogP contribution >= 0.6 is 0 Å². The van der Waals surface area contributed by atoms with Crippen molar-refractivity contribution in [2.75, 3.05) is 5.01 Å². The molecule has 2 aliphatic rings. The molecule has 0 spiro atoms. The van der Waals surface area contributed by atoms with E-state index in [1.165, 1.54) is 20.5 Å². The second kappa shape index (κ2) is 7.88. The summed E-state index contributed by atoms with van der Waals surface area (Å²) in [5.74, 6) is -0.249. The summed E-state index contributed by atoms with van der Waals surface area (Å²) < 4.78 is 2.77. The molecule has 1 aliphatic carbocycles. The Bertz CT molecular complexity index is 1730. The summed E-state index contributed by atoms with van der Waals surface area (Å²) in [7, 11) is 0. The number of hydrogen-bond acceptors (Lipinski definition) is 5. The molecule has 0 saturated carbocycles. The summed E-state index contributed by atoms with van der Waals surface area (Å²) in [4.78, 5) is 44.1. The van der Waals surface area contributed by atoms with E-state index in [0.29, 0.717) is 52.1 Å². The summed E-state index contributed by atoms with van der Waals surface area (Å²) in [6.45, 7) is 3.55. The predicted molar refractivity (Wildman–Crippen MR) is 136 cm³/mol. The van der Waals surface area contributed by atoms with Gasteiger partial charge in [0.15, 0.2) is 5.70 Å². The van der Waals surface area contributed by atoms with Crippen LogP contribution in [0.25, 0.3) is 22.2 Å². The third kappa shape index (κ3) is 3.06. The number of carbonyl (C=O) groups is 1. The largest absolute Gasteiger partial charge is 0.358 e. The monoisotopic (exact) mass is 479 g/mol. The molecule has 2 aromatic heterocycles. The SMILES string of the molecule is Cc1cccc2c(=O)n(N3C=C(c4ccccc4)n4c([N+](=O)[O-])cc5c4C(=CCC5)C3=O)c(C)nc12. The Balaban J connectivity index is 1.71. The fourth-order valence-electron chi connectivity index (χ4n) is 5.09.